The molecule has 0 unspecified atom stereocenters. The molecule has 3 aliphatic rings. The van der Waals surface area contributed by atoms with Crippen LogP contribution in [0.2, 0.25) is 0 Å². The van der Waals surface area contributed by atoms with E-state index in [9.17, 15) is 9.59 Å². The minimum Gasteiger partial charge on any atom is -0.353 e. The predicted octanol–water partition coefficient (Wildman–Crippen LogP) is 2.74. The van der Waals surface area contributed by atoms with Gasteiger partial charge in [0.05, 0.1) is 0 Å². The fourth-order valence-corrected chi connectivity index (χ4v) is 4.79. The van der Waals surface area contributed by atoms with E-state index in [0.717, 1.165) is 69.6 Å². The number of rotatable bonds is 5. The molecule has 1 N–H and O–H groups in total. The number of hydrogen-bond donors (Lipinski definition) is 1. The van der Waals surface area contributed by atoms with Crippen LogP contribution in [-0.2, 0) is 9.59 Å². The van der Waals surface area contributed by atoms with Gasteiger partial charge in [-0.25, -0.2) is 0 Å². The van der Waals surface area contributed by atoms with E-state index in [1.54, 1.807) is 17.4 Å². The van der Waals surface area contributed by atoms with Gasteiger partial charge < -0.3 is 15.1 Å². The van der Waals surface area contributed by atoms with Crippen molar-refractivity contribution in [3.8, 4) is 0 Å². The minimum atomic E-state index is 0.123. The molecule has 1 aliphatic carbocycles. The molecule has 27 heavy (non-hydrogen) atoms. The van der Waals surface area contributed by atoms with Crippen LogP contribution in [0.3, 0.4) is 0 Å². The standard InChI is InChI=1S/C21H29N3O2S/c25-20(6-5-19-2-1-15-27-19)24-13-9-18(10-14-24)23-11-7-16(8-12-23)21(26)22-17-3-4-17/h1-2,5-6,15-18H,3-4,7-14H2,(H,22,26)/b6-5+. The van der Waals surface area contributed by atoms with Crippen LogP contribution >= 0.6 is 11.3 Å². The maximum atomic E-state index is 12.4. The van der Waals surface area contributed by atoms with Crippen LogP contribution in [0.4, 0.5) is 0 Å². The lowest BCUT2D eigenvalue weighted by Gasteiger charge is -2.41. The van der Waals surface area contributed by atoms with Gasteiger partial charge in [-0.2, -0.15) is 0 Å². The van der Waals surface area contributed by atoms with E-state index < -0.39 is 0 Å². The number of carbonyl (C=O) groups excluding carboxylic acids is 2. The molecule has 3 fully saturated rings. The van der Waals surface area contributed by atoms with E-state index in [0.29, 0.717) is 12.1 Å². The van der Waals surface area contributed by atoms with Crippen molar-refractivity contribution >= 4 is 29.2 Å². The fraction of sp³-hybridized carbons (Fsp3) is 0.619. The molecule has 0 atom stereocenters. The third kappa shape index (κ3) is 4.99. The molecular weight excluding hydrogens is 358 g/mol. The quantitative estimate of drug-likeness (QED) is 0.791. The van der Waals surface area contributed by atoms with Crippen molar-refractivity contribution in [3.05, 3.63) is 28.5 Å². The molecule has 5 nitrogen and oxygen atoms in total. The number of nitrogens with one attached hydrogen (secondary N) is 1. The van der Waals surface area contributed by atoms with Crippen molar-refractivity contribution in [1.82, 2.24) is 15.1 Å². The average molecular weight is 388 g/mol. The van der Waals surface area contributed by atoms with Crippen LogP contribution in [0.5, 0.6) is 0 Å². The summed E-state index contributed by atoms with van der Waals surface area (Å²) in [7, 11) is 0. The van der Waals surface area contributed by atoms with E-state index in [4.69, 9.17) is 0 Å². The van der Waals surface area contributed by atoms with Crippen molar-refractivity contribution < 1.29 is 9.59 Å². The molecule has 1 aromatic rings. The molecule has 2 amide bonds. The zero-order chi connectivity index (χ0) is 18.6. The molecular formula is C21H29N3O2S. The van der Waals surface area contributed by atoms with Crippen LogP contribution in [-0.4, -0.2) is 59.9 Å². The van der Waals surface area contributed by atoms with Gasteiger partial charge >= 0.3 is 0 Å². The van der Waals surface area contributed by atoms with Crippen molar-refractivity contribution in [2.45, 2.75) is 50.6 Å². The Labute approximate surface area is 165 Å². The minimum absolute atomic E-state index is 0.123. The molecule has 2 saturated heterocycles. The SMILES string of the molecule is O=C(NC1CC1)C1CCN(C2CCN(C(=O)/C=C/c3cccs3)CC2)CC1. The van der Waals surface area contributed by atoms with Crippen LogP contribution in [0.15, 0.2) is 23.6 Å². The lowest BCUT2D eigenvalue weighted by Crippen LogP contribution is -2.50. The molecule has 1 aromatic heterocycles. The van der Waals surface area contributed by atoms with Gasteiger partial charge in [-0.3, -0.25) is 9.59 Å². The molecule has 146 valence electrons. The third-order valence-electron chi connectivity index (χ3n) is 6.05. The molecule has 4 rings (SSSR count). The molecule has 1 saturated carbocycles. The van der Waals surface area contributed by atoms with Crippen molar-refractivity contribution in [3.63, 3.8) is 0 Å². The number of piperidine rings is 2. The van der Waals surface area contributed by atoms with Crippen LogP contribution in [0, 0.1) is 5.92 Å². The molecule has 0 spiro atoms. The van der Waals surface area contributed by atoms with Gasteiger partial charge in [-0.15, -0.1) is 11.3 Å². The molecule has 2 aliphatic heterocycles. The Kier molecular flexibility index (Phi) is 5.93. The number of hydrogen-bond acceptors (Lipinski definition) is 4. The van der Waals surface area contributed by atoms with E-state index in [-0.39, 0.29) is 17.7 Å². The smallest absolute Gasteiger partial charge is 0.246 e. The summed E-state index contributed by atoms with van der Waals surface area (Å²) in [5.41, 5.74) is 0. The van der Waals surface area contributed by atoms with E-state index in [2.05, 4.69) is 10.2 Å². The summed E-state index contributed by atoms with van der Waals surface area (Å²) in [5.74, 6) is 0.596. The third-order valence-corrected chi connectivity index (χ3v) is 6.89. The summed E-state index contributed by atoms with van der Waals surface area (Å²) < 4.78 is 0. The Morgan fingerprint density at radius 1 is 1.04 bits per heavy atom. The average Bonchev–Trinajstić information content (AvgIpc) is 3.37. The second kappa shape index (κ2) is 8.57. The summed E-state index contributed by atoms with van der Waals surface area (Å²) in [6.07, 6.45) is 9.96. The van der Waals surface area contributed by atoms with Crippen molar-refractivity contribution in [2.24, 2.45) is 5.92 Å². The van der Waals surface area contributed by atoms with Gasteiger partial charge in [-0.1, -0.05) is 6.07 Å². The summed E-state index contributed by atoms with van der Waals surface area (Å²) in [5, 5.41) is 5.17. The van der Waals surface area contributed by atoms with Gasteiger partial charge in [0, 0.05) is 42.0 Å². The largest absolute Gasteiger partial charge is 0.353 e. The van der Waals surface area contributed by atoms with Gasteiger partial charge in [-0.05, 0) is 69.1 Å². The highest BCUT2D eigenvalue weighted by Gasteiger charge is 2.33. The van der Waals surface area contributed by atoms with Crippen LogP contribution in [0.1, 0.15) is 43.4 Å². The normalized spacial score (nSPS) is 23.0. The molecule has 6 heteroatoms. The maximum absolute atomic E-state index is 12.4. The Morgan fingerprint density at radius 2 is 1.78 bits per heavy atom. The van der Waals surface area contributed by atoms with Gasteiger partial charge in [0.2, 0.25) is 11.8 Å². The Hall–Kier alpha value is -1.66. The van der Waals surface area contributed by atoms with Crippen LogP contribution < -0.4 is 5.32 Å². The highest BCUT2D eigenvalue weighted by molar-refractivity contribution is 7.10. The first-order valence-corrected chi connectivity index (χ1v) is 11.1. The predicted molar refractivity (Wildman–Crippen MR) is 108 cm³/mol. The second-order valence-corrected chi connectivity index (χ2v) is 8.98. The number of likely N-dealkylation sites (tertiary alicyclic amines) is 2. The number of thiophene rings is 1. The van der Waals surface area contributed by atoms with E-state index in [1.807, 2.05) is 28.5 Å². The van der Waals surface area contributed by atoms with Crippen LogP contribution in [0.25, 0.3) is 6.08 Å². The number of nitrogens with zero attached hydrogens (tertiary/aromatic N) is 2. The first kappa shape index (κ1) is 18.7. The van der Waals surface area contributed by atoms with Crippen molar-refractivity contribution in [2.75, 3.05) is 26.2 Å². The fourth-order valence-electron chi connectivity index (χ4n) is 4.17. The summed E-state index contributed by atoms with van der Waals surface area (Å²) in [6.45, 7) is 3.69. The molecule has 0 bridgehead atoms. The van der Waals surface area contributed by atoms with E-state index in [1.165, 1.54) is 0 Å². The lowest BCUT2D eigenvalue weighted by molar-refractivity contribution is -0.129. The maximum Gasteiger partial charge on any atom is 0.246 e. The first-order valence-electron chi connectivity index (χ1n) is 10.2. The van der Waals surface area contributed by atoms with Gasteiger partial charge in [0.15, 0.2) is 0 Å². The lowest BCUT2D eigenvalue weighted by atomic mass is 9.92. The topological polar surface area (TPSA) is 52.7 Å². The van der Waals surface area contributed by atoms with Gasteiger partial charge in [0.25, 0.3) is 0 Å². The monoisotopic (exact) mass is 387 g/mol. The molecule has 0 aromatic carbocycles. The molecule has 0 radical (unpaired) electrons. The number of carbonyl (C=O) groups is 2. The summed E-state index contributed by atoms with van der Waals surface area (Å²) >= 11 is 1.65. The highest BCUT2D eigenvalue weighted by Crippen LogP contribution is 2.26. The Balaban J connectivity index is 1.19. The zero-order valence-electron chi connectivity index (χ0n) is 15.8. The summed E-state index contributed by atoms with van der Waals surface area (Å²) in [4.78, 5) is 30.2. The second-order valence-electron chi connectivity index (χ2n) is 8.00. The Bertz CT molecular complexity index is 668. The Morgan fingerprint density at radius 3 is 2.41 bits per heavy atom. The van der Waals surface area contributed by atoms with Crippen molar-refractivity contribution in [1.29, 1.82) is 0 Å². The highest BCUT2D eigenvalue weighted by atomic mass is 32.1. The zero-order valence-corrected chi connectivity index (χ0v) is 16.6. The summed E-state index contributed by atoms with van der Waals surface area (Å²) in [6, 6.07) is 5.04. The first-order chi connectivity index (χ1) is 13.2. The van der Waals surface area contributed by atoms with Gasteiger partial charge in [0.1, 0.15) is 0 Å². The molecule has 3 heterocycles. The number of amides is 2. The van der Waals surface area contributed by atoms with E-state index >= 15 is 0 Å².